The summed E-state index contributed by atoms with van der Waals surface area (Å²) in [5, 5.41) is 0. The van der Waals surface area contributed by atoms with Gasteiger partial charge in [-0.2, -0.15) is 8.42 Å². The maximum atomic E-state index is 10.6. The third kappa shape index (κ3) is 4.66. The van der Waals surface area contributed by atoms with E-state index in [2.05, 4.69) is 13.0 Å². The quantitative estimate of drug-likeness (QED) is 0.638. The molecule has 0 aliphatic heterocycles. The van der Waals surface area contributed by atoms with Gasteiger partial charge in [-0.3, -0.25) is 4.55 Å². The van der Waals surface area contributed by atoms with Gasteiger partial charge < -0.3 is 4.74 Å². The molecule has 0 aliphatic carbocycles. The molecule has 102 valence electrons. The fraction of sp³-hybridized carbons (Fsp3) is 0.538. The van der Waals surface area contributed by atoms with Gasteiger partial charge in [0.15, 0.2) is 0 Å². The minimum atomic E-state index is -3.89. The molecular formula is C13H20O4S. The third-order valence-electron chi connectivity index (χ3n) is 2.67. The maximum absolute atomic E-state index is 10.6. The average molecular weight is 272 g/mol. The zero-order chi connectivity index (χ0) is 13.8. The predicted molar refractivity (Wildman–Crippen MR) is 71.8 cm³/mol. The lowest BCUT2D eigenvalue weighted by atomic mass is 10.0. The summed E-state index contributed by atoms with van der Waals surface area (Å²) in [5.41, 5.74) is 3.37. The van der Waals surface area contributed by atoms with Crippen molar-refractivity contribution in [1.29, 1.82) is 0 Å². The molecule has 0 radical (unpaired) electrons. The SMILES string of the molecule is CCc1cc(C)cc(C)c1OCCCS(=O)(=O)O. The van der Waals surface area contributed by atoms with Crippen LogP contribution in [0.1, 0.15) is 30.0 Å². The third-order valence-corrected chi connectivity index (χ3v) is 3.47. The summed E-state index contributed by atoms with van der Waals surface area (Å²) in [5.74, 6) is 0.567. The normalized spacial score (nSPS) is 11.6. The number of hydrogen-bond acceptors (Lipinski definition) is 3. The first kappa shape index (κ1) is 15.0. The maximum Gasteiger partial charge on any atom is 0.264 e. The van der Waals surface area contributed by atoms with Gasteiger partial charge in [-0.1, -0.05) is 24.6 Å². The summed E-state index contributed by atoms with van der Waals surface area (Å²) in [6.07, 6.45) is 1.16. The van der Waals surface area contributed by atoms with Gasteiger partial charge in [-0.05, 0) is 37.8 Å². The van der Waals surface area contributed by atoms with Gasteiger partial charge in [-0.15, -0.1) is 0 Å². The number of hydrogen-bond donors (Lipinski definition) is 1. The van der Waals surface area contributed by atoms with E-state index in [0.29, 0.717) is 0 Å². The Labute approximate surface area is 109 Å². The van der Waals surface area contributed by atoms with E-state index < -0.39 is 10.1 Å². The molecule has 18 heavy (non-hydrogen) atoms. The number of rotatable bonds is 6. The molecule has 0 saturated heterocycles. The first-order valence-electron chi connectivity index (χ1n) is 6.01. The van der Waals surface area contributed by atoms with E-state index in [1.807, 2.05) is 19.9 Å². The second kappa shape index (κ2) is 6.20. The van der Waals surface area contributed by atoms with Crippen molar-refractivity contribution >= 4 is 10.1 Å². The van der Waals surface area contributed by atoms with Crippen molar-refractivity contribution in [2.24, 2.45) is 0 Å². The summed E-state index contributed by atoms with van der Waals surface area (Å²) in [4.78, 5) is 0. The highest BCUT2D eigenvalue weighted by Gasteiger charge is 2.08. The molecule has 0 atom stereocenters. The molecule has 5 heteroatoms. The number of benzene rings is 1. The second-order valence-electron chi connectivity index (χ2n) is 4.41. The van der Waals surface area contributed by atoms with Crippen molar-refractivity contribution in [2.75, 3.05) is 12.4 Å². The van der Waals surface area contributed by atoms with E-state index in [-0.39, 0.29) is 18.8 Å². The lowest BCUT2D eigenvalue weighted by Crippen LogP contribution is -2.09. The molecule has 1 rings (SSSR count). The molecule has 0 amide bonds. The standard InChI is InChI=1S/C13H20O4S/c1-4-12-9-10(2)8-11(3)13(12)17-6-5-7-18(14,15)16/h8-9H,4-7H2,1-3H3,(H,14,15,16). The number of ether oxygens (including phenoxy) is 1. The molecule has 4 nitrogen and oxygen atoms in total. The second-order valence-corrected chi connectivity index (χ2v) is 5.98. The van der Waals surface area contributed by atoms with Crippen LogP contribution < -0.4 is 4.74 Å². The highest BCUT2D eigenvalue weighted by Crippen LogP contribution is 2.26. The molecule has 1 aromatic carbocycles. The largest absolute Gasteiger partial charge is 0.493 e. The van der Waals surface area contributed by atoms with Crippen LogP contribution in [-0.2, 0) is 16.5 Å². The van der Waals surface area contributed by atoms with Crippen LogP contribution in [0.25, 0.3) is 0 Å². The highest BCUT2D eigenvalue weighted by atomic mass is 32.2. The first-order valence-corrected chi connectivity index (χ1v) is 7.62. The van der Waals surface area contributed by atoms with Gasteiger partial charge in [0, 0.05) is 0 Å². The summed E-state index contributed by atoms with van der Waals surface area (Å²) in [6, 6.07) is 4.11. The summed E-state index contributed by atoms with van der Waals surface area (Å²) < 4.78 is 35.4. The van der Waals surface area contributed by atoms with Gasteiger partial charge in [-0.25, -0.2) is 0 Å². The molecule has 0 bridgehead atoms. The lowest BCUT2D eigenvalue weighted by Gasteiger charge is -2.14. The van der Waals surface area contributed by atoms with E-state index in [0.717, 1.165) is 23.3 Å². The minimum absolute atomic E-state index is 0.265. The van der Waals surface area contributed by atoms with Crippen LogP contribution >= 0.6 is 0 Å². The van der Waals surface area contributed by atoms with Crippen LogP contribution in [0, 0.1) is 13.8 Å². The molecule has 1 N–H and O–H groups in total. The predicted octanol–water partition coefficient (Wildman–Crippen LogP) is 2.52. The molecule has 0 aliphatic rings. The van der Waals surface area contributed by atoms with Crippen LogP contribution in [0.3, 0.4) is 0 Å². The van der Waals surface area contributed by atoms with Crippen molar-refractivity contribution in [2.45, 2.75) is 33.6 Å². The smallest absolute Gasteiger partial charge is 0.264 e. The van der Waals surface area contributed by atoms with Gasteiger partial charge in [0.05, 0.1) is 12.4 Å². The molecular weight excluding hydrogens is 252 g/mol. The zero-order valence-electron chi connectivity index (χ0n) is 11.1. The van der Waals surface area contributed by atoms with Gasteiger partial charge in [0.1, 0.15) is 5.75 Å². The molecule has 0 aromatic heterocycles. The van der Waals surface area contributed by atoms with Crippen molar-refractivity contribution in [3.63, 3.8) is 0 Å². The van der Waals surface area contributed by atoms with Crippen LogP contribution in [0.5, 0.6) is 5.75 Å². The fourth-order valence-corrected chi connectivity index (χ4v) is 2.41. The van der Waals surface area contributed by atoms with E-state index in [9.17, 15) is 8.42 Å². The van der Waals surface area contributed by atoms with Gasteiger partial charge in [0.25, 0.3) is 10.1 Å². The summed E-state index contributed by atoms with van der Waals surface area (Å²) >= 11 is 0. The van der Waals surface area contributed by atoms with E-state index in [1.165, 1.54) is 5.56 Å². The molecule has 0 saturated carbocycles. The average Bonchev–Trinajstić information content (AvgIpc) is 2.24. The van der Waals surface area contributed by atoms with E-state index in [1.54, 1.807) is 0 Å². The lowest BCUT2D eigenvalue weighted by molar-refractivity contribution is 0.311. The van der Waals surface area contributed by atoms with E-state index >= 15 is 0 Å². The van der Waals surface area contributed by atoms with Crippen LogP contribution in [0.4, 0.5) is 0 Å². The molecule has 0 unspecified atom stereocenters. The first-order chi connectivity index (χ1) is 8.33. The monoisotopic (exact) mass is 272 g/mol. The van der Waals surface area contributed by atoms with Gasteiger partial charge in [0.2, 0.25) is 0 Å². The number of aryl methyl sites for hydroxylation is 3. The topological polar surface area (TPSA) is 63.6 Å². The van der Waals surface area contributed by atoms with Crippen molar-refractivity contribution in [3.8, 4) is 5.75 Å². The Morgan fingerprint density at radius 1 is 1.28 bits per heavy atom. The highest BCUT2D eigenvalue weighted by molar-refractivity contribution is 7.85. The Kier molecular flexibility index (Phi) is 5.16. The van der Waals surface area contributed by atoms with Crippen molar-refractivity contribution < 1.29 is 17.7 Å². The molecule has 0 heterocycles. The van der Waals surface area contributed by atoms with Crippen LogP contribution in [0.2, 0.25) is 0 Å². The van der Waals surface area contributed by atoms with Crippen LogP contribution in [-0.4, -0.2) is 25.3 Å². The fourth-order valence-electron chi connectivity index (χ4n) is 1.93. The Bertz CT molecular complexity index is 506. The Balaban J connectivity index is 2.67. The Morgan fingerprint density at radius 3 is 2.50 bits per heavy atom. The molecule has 0 fully saturated rings. The molecule has 0 spiro atoms. The van der Waals surface area contributed by atoms with E-state index in [4.69, 9.17) is 9.29 Å². The van der Waals surface area contributed by atoms with Gasteiger partial charge >= 0.3 is 0 Å². The minimum Gasteiger partial charge on any atom is -0.493 e. The van der Waals surface area contributed by atoms with Crippen LogP contribution in [0.15, 0.2) is 12.1 Å². The summed E-state index contributed by atoms with van der Waals surface area (Å²) in [7, 11) is -3.89. The zero-order valence-corrected chi connectivity index (χ0v) is 11.9. The summed E-state index contributed by atoms with van der Waals surface area (Å²) in [6.45, 7) is 6.36. The van der Waals surface area contributed by atoms with Crippen molar-refractivity contribution in [3.05, 3.63) is 28.8 Å². The van der Waals surface area contributed by atoms with Crippen molar-refractivity contribution in [1.82, 2.24) is 0 Å². The Hall–Kier alpha value is -1.07. The molecule has 1 aromatic rings. The Morgan fingerprint density at radius 2 is 1.94 bits per heavy atom.